The van der Waals surface area contributed by atoms with Gasteiger partial charge in [0.05, 0.1) is 12.2 Å². The first-order chi connectivity index (χ1) is 17.7. The maximum Gasteiger partial charge on any atom is 0.251 e. The second-order valence-electron chi connectivity index (χ2n) is 10.3. The summed E-state index contributed by atoms with van der Waals surface area (Å²) in [6, 6.07) is 5.29. The number of nitrogens with zero attached hydrogens (tertiary/aromatic N) is 4. The van der Waals surface area contributed by atoms with Gasteiger partial charge >= 0.3 is 0 Å². The molecule has 1 aromatic carbocycles. The number of carbonyl (C=O) groups is 3. The minimum Gasteiger partial charge on any atom is -0.365 e. The van der Waals surface area contributed by atoms with Crippen molar-refractivity contribution < 1.29 is 23.5 Å². The lowest BCUT2D eigenvalue weighted by atomic mass is 10.0. The number of rotatable bonds is 6. The number of alkyl halides is 1. The number of benzene rings is 1. The number of ketones is 1. The molecule has 5 rings (SSSR count). The summed E-state index contributed by atoms with van der Waals surface area (Å²) in [6.45, 7) is 7.12. The van der Waals surface area contributed by atoms with Crippen molar-refractivity contribution in [2.45, 2.75) is 38.2 Å². The van der Waals surface area contributed by atoms with Gasteiger partial charge in [-0.3, -0.25) is 14.4 Å². The van der Waals surface area contributed by atoms with E-state index >= 15 is 0 Å². The fourth-order valence-corrected chi connectivity index (χ4v) is 5.96. The highest BCUT2D eigenvalue weighted by molar-refractivity contribution is 7.14. The summed E-state index contributed by atoms with van der Waals surface area (Å²) in [6.07, 6.45) is -2.34. The Hall–Kier alpha value is -2.89. The normalized spacial score (nSPS) is 25.0. The Morgan fingerprint density at radius 2 is 1.86 bits per heavy atom. The van der Waals surface area contributed by atoms with Gasteiger partial charge in [0.2, 0.25) is 5.91 Å². The van der Waals surface area contributed by atoms with E-state index in [0.29, 0.717) is 5.56 Å². The number of halogens is 1. The summed E-state index contributed by atoms with van der Waals surface area (Å²) >= 11 is 1.61. The van der Waals surface area contributed by atoms with Gasteiger partial charge in [0.15, 0.2) is 10.9 Å². The van der Waals surface area contributed by atoms with Crippen LogP contribution in [0.1, 0.15) is 24.2 Å². The van der Waals surface area contributed by atoms with Crippen molar-refractivity contribution in [3.8, 4) is 11.3 Å². The van der Waals surface area contributed by atoms with Crippen molar-refractivity contribution in [1.82, 2.24) is 20.1 Å². The van der Waals surface area contributed by atoms with E-state index in [0.717, 1.165) is 42.6 Å². The summed E-state index contributed by atoms with van der Waals surface area (Å²) in [5, 5.41) is 5.81. The van der Waals surface area contributed by atoms with Crippen LogP contribution in [-0.2, 0) is 14.3 Å². The number of thiazole rings is 1. The van der Waals surface area contributed by atoms with Crippen molar-refractivity contribution in [1.29, 1.82) is 0 Å². The molecular weight excluding hydrogens is 497 g/mol. The van der Waals surface area contributed by atoms with Gasteiger partial charge in [-0.05, 0) is 25.1 Å². The van der Waals surface area contributed by atoms with Crippen molar-refractivity contribution in [2.24, 2.45) is 5.92 Å². The van der Waals surface area contributed by atoms with Crippen LogP contribution in [0.5, 0.6) is 0 Å². The van der Waals surface area contributed by atoms with E-state index in [4.69, 9.17) is 9.72 Å². The molecule has 0 bridgehead atoms. The monoisotopic (exact) mass is 529 g/mol. The Labute approximate surface area is 219 Å². The SMILES string of the molecule is CC(C)C(NC(=O)c1ccc(-c2csc(N3CCN(C)CC3)n2)cc1)C(=O)N1C[C@H](F)[C@H]2OCC(=O)[C@H]21. The topological polar surface area (TPSA) is 95.1 Å². The van der Waals surface area contributed by atoms with E-state index < -0.39 is 36.2 Å². The number of ether oxygens (including phenoxy) is 1. The molecule has 3 aliphatic rings. The van der Waals surface area contributed by atoms with E-state index in [9.17, 15) is 18.8 Å². The highest BCUT2D eigenvalue weighted by atomic mass is 32.1. The molecule has 0 saturated carbocycles. The Bertz CT molecular complexity index is 1160. The summed E-state index contributed by atoms with van der Waals surface area (Å²) < 4.78 is 19.6. The predicted octanol–water partition coefficient (Wildman–Crippen LogP) is 1.83. The van der Waals surface area contributed by atoms with Crippen molar-refractivity contribution >= 4 is 34.1 Å². The van der Waals surface area contributed by atoms with Crippen LogP contribution >= 0.6 is 11.3 Å². The first-order valence-electron chi connectivity index (χ1n) is 12.6. The lowest BCUT2D eigenvalue weighted by Gasteiger charge is -2.32. The van der Waals surface area contributed by atoms with Crippen LogP contribution in [-0.4, -0.2) is 103 Å². The van der Waals surface area contributed by atoms with Crippen LogP contribution in [0.4, 0.5) is 9.52 Å². The van der Waals surface area contributed by atoms with Crippen LogP contribution in [0, 0.1) is 5.92 Å². The Morgan fingerprint density at radius 1 is 1.16 bits per heavy atom. The number of hydrogen-bond acceptors (Lipinski definition) is 8. The number of piperazine rings is 1. The van der Waals surface area contributed by atoms with Gasteiger partial charge in [0.25, 0.3) is 5.91 Å². The molecule has 3 aliphatic heterocycles. The van der Waals surface area contributed by atoms with Crippen molar-refractivity contribution in [3.05, 3.63) is 35.2 Å². The maximum absolute atomic E-state index is 14.4. The summed E-state index contributed by atoms with van der Waals surface area (Å²) in [7, 11) is 2.12. The zero-order valence-corrected chi connectivity index (χ0v) is 22.0. The highest BCUT2D eigenvalue weighted by Crippen LogP contribution is 2.31. The van der Waals surface area contributed by atoms with Gasteiger partial charge in [0, 0.05) is 42.7 Å². The fraction of sp³-hybridized carbons (Fsp3) is 0.538. The minimum atomic E-state index is -1.42. The Balaban J connectivity index is 1.25. The van der Waals surface area contributed by atoms with Gasteiger partial charge in [-0.25, -0.2) is 9.37 Å². The molecule has 0 spiro atoms. The third-order valence-corrected chi connectivity index (χ3v) is 8.24. The molecule has 2 aromatic rings. The number of hydrogen-bond donors (Lipinski definition) is 1. The third-order valence-electron chi connectivity index (χ3n) is 7.33. The van der Waals surface area contributed by atoms with Gasteiger partial charge < -0.3 is 24.8 Å². The molecule has 0 radical (unpaired) electrons. The second-order valence-corrected chi connectivity index (χ2v) is 11.1. The number of nitrogens with one attached hydrogen (secondary N) is 1. The van der Waals surface area contributed by atoms with Crippen LogP contribution in [0.15, 0.2) is 29.6 Å². The summed E-state index contributed by atoms with van der Waals surface area (Å²) in [5.74, 6) is -1.43. The largest absolute Gasteiger partial charge is 0.365 e. The number of likely N-dealkylation sites (N-methyl/N-ethyl adjacent to an activating group) is 1. The first-order valence-corrected chi connectivity index (χ1v) is 13.5. The number of carbonyl (C=O) groups excluding carboxylic acids is 3. The number of aromatic nitrogens is 1. The summed E-state index contributed by atoms with van der Waals surface area (Å²) in [4.78, 5) is 49.2. The Morgan fingerprint density at radius 3 is 2.54 bits per heavy atom. The number of fused-ring (bicyclic) bond motifs is 1. The molecule has 2 amide bonds. The fourth-order valence-electron chi connectivity index (χ4n) is 5.07. The van der Waals surface area contributed by atoms with Crippen molar-refractivity contribution in [2.75, 3.05) is 51.3 Å². The molecule has 3 fully saturated rings. The molecule has 1 N–H and O–H groups in total. The van der Waals surface area contributed by atoms with Crippen LogP contribution in [0.2, 0.25) is 0 Å². The van der Waals surface area contributed by atoms with E-state index in [1.807, 2.05) is 17.5 Å². The lowest BCUT2D eigenvalue weighted by Crippen LogP contribution is -2.54. The number of likely N-dealkylation sites (tertiary alicyclic amines) is 1. The van der Waals surface area contributed by atoms with E-state index in [1.54, 1.807) is 37.3 Å². The molecule has 11 heteroatoms. The zero-order chi connectivity index (χ0) is 26.3. The van der Waals surface area contributed by atoms with Gasteiger partial charge in [-0.2, -0.15) is 0 Å². The van der Waals surface area contributed by atoms with Gasteiger partial charge in [0.1, 0.15) is 31.0 Å². The molecule has 9 nitrogen and oxygen atoms in total. The zero-order valence-electron chi connectivity index (χ0n) is 21.2. The molecule has 0 aliphatic carbocycles. The lowest BCUT2D eigenvalue weighted by molar-refractivity contribution is -0.139. The van der Waals surface area contributed by atoms with E-state index in [-0.39, 0.29) is 24.9 Å². The van der Waals surface area contributed by atoms with E-state index in [1.165, 1.54) is 4.90 Å². The molecule has 4 atom stereocenters. The molecule has 198 valence electrons. The predicted molar refractivity (Wildman–Crippen MR) is 138 cm³/mol. The molecular formula is C26H32FN5O4S. The quantitative estimate of drug-likeness (QED) is 0.610. The average Bonchev–Trinajstić information content (AvgIpc) is 3.60. The van der Waals surface area contributed by atoms with Gasteiger partial charge in [-0.1, -0.05) is 26.0 Å². The number of Topliss-reactive ketones (excluding diaryl/α,β-unsaturated/α-hetero) is 1. The highest BCUT2D eigenvalue weighted by Gasteiger charge is 2.53. The van der Waals surface area contributed by atoms with Gasteiger partial charge in [-0.15, -0.1) is 11.3 Å². The van der Waals surface area contributed by atoms with Crippen molar-refractivity contribution in [3.63, 3.8) is 0 Å². The minimum absolute atomic E-state index is 0.194. The van der Waals surface area contributed by atoms with Crippen LogP contribution in [0.3, 0.4) is 0 Å². The van der Waals surface area contributed by atoms with Crippen LogP contribution < -0.4 is 10.2 Å². The average molecular weight is 530 g/mol. The van der Waals surface area contributed by atoms with Crippen LogP contribution in [0.25, 0.3) is 11.3 Å². The molecule has 1 unspecified atom stereocenters. The standard InChI is InChI=1S/C26H32FN5O4S/c1-15(2)21(25(35)32-12-18(27)23-22(32)20(33)13-36-23)29-24(34)17-6-4-16(5-7-17)19-14-37-26(28-19)31-10-8-30(3)9-11-31/h4-7,14-15,18,21-23H,8-13H2,1-3H3,(H,29,34)/t18-,21?,22+,23+/m0/s1. The smallest absolute Gasteiger partial charge is 0.251 e. The molecule has 4 heterocycles. The second kappa shape index (κ2) is 10.5. The summed E-state index contributed by atoms with van der Waals surface area (Å²) in [5.41, 5.74) is 2.16. The third kappa shape index (κ3) is 5.12. The molecule has 3 saturated heterocycles. The molecule has 1 aromatic heterocycles. The maximum atomic E-state index is 14.4. The number of anilines is 1. The number of amides is 2. The Kier molecular flexibility index (Phi) is 7.28. The first kappa shape index (κ1) is 25.7. The van der Waals surface area contributed by atoms with E-state index in [2.05, 4.69) is 22.2 Å². The molecule has 37 heavy (non-hydrogen) atoms.